The Bertz CT molecular complexity index is 824. The first-order valence-corrected chi connectivity index (χ1v) is 10.8. The van der Waals surface area contributed by atoms with Gasteiger partial charge in [-0.15, -0.1) is 0 Å². The third-order valence-electron chi connectivity index (χ3n) is 5.76. The maximum absolute atomic E-state index is 12.7. The van der Waals surface area contributed by atoms with E-state index in [0.717, 1.165) is 32.1 Å². The van der Waals surface area contributed by atoms with Gasteiger partial charge < -0.3 is 10.6 Å². The monoisotopic (exact) mass is 418 g/mol. The average molecular weight is 419 g/mol. The van der Waals surface area contributed by atoms with Crippen LogP contribution in [0.25, 0.3) is 0 Å². The van der Waals surface area contributed by atoms with Crippen molar-refractivity contribution in [1.29, 1.82) is 0 Å². The number of hydrogen-bond acceptors (Lipinski definition) is 2. The molecule has 0 heterocycles. The predicted octanol–water partition coefficient (Wildman–Crippen LogP) is 5.94. The molecule has 2 N–H and O–H groups in total. The molecule has 0 aromatic heterocycles. The molecule has 0 fully saturated rings. The summed E-state index contributed by atoms with van der Waals surface area (Å²) in [5.41, 5.74) is 9.24. The van der Waals surface area contributed by atoms with Gasteiger partial charge in [-0.05, 0) is 61.1 Å². The van der Waals surface area contributed by atoms with Crippen LogP contribution in [0.15, 0.2) is 42.5 Å². The Balaban J connectivity index is 1.80. The standard InChI is InChI=1S/C23H28Cl2N2O/c1-27(23(28)9-3-2-6-14-26)22-13-11-17(18-7-4-5-8-19(18)22)16-10-12-20(24)21(25)15-16/h4-5,7-8,10,12,15,17,22H,2-3,6,9,11,13-14,26H2,1H3. The van der Waals surface area contributed by atoms with E-state index < -0.39 is 0 Å². The lowest BCUT2D eigenvalue weighted by atomic mass is 9.76. The van der Waals surface area contributed by atoms with E-state index in [-0.39, 0.29) is 17.9 Å². The second-order valence-corrected chi connectivity index (χ2v) is 8.37. The molecule has 0 aliphatic heterocycles. The molecule has 0 radical (unpaired) electrons. The van der Waals surface area contributed by atoms with Crippen molar-refractivity contribution in [1.82, 2.24) is 4.90 Å². The molecule has 2 aromatic carbocycles. The lowest BCUT2D eigenvalue weighted by Crippen LogP contribution is -2.34. The molecule has 0 saturated heterocycles. The molecule has 0 saturated carbocycles. The quantitative estimate of drug-likeness (QED) is 0.565. The maximum atomic E-state index is 12.7. The molecule has 2 aromatic rings. The second-order valence-electron chi connectivity index (χ2n) is 7.55. The number of nitrogens with two attached hydrogens (primary N) is 1. The normalized spacial score (nSPS) is 18.6. The number of carbonyl (C=O) groups excluding carboxylic acids is 1. The minimum absolute atomic E-state index is 0.122. The number of amides is 1. The Hall–Kier alpha value is -1.55. The van der Waals surface area contributed by atoms with Crippen LogP contribution in [-0.2, 0) is 4.79 Å². The summed E-state index contributed by atoms with van der Waals surface area (Å²) in [6.07, 6.45) is 5.40. The summed E-state index contributed by atoms with van der Waals surface area (Å²) in [5, 5.41) is 1.16. The van der Waals surface area contributed by atoms with E-state index in [2.05, 4.69) is 30.3 Å². The van der Waals surface area contributed by atoms with Gasteiger partial charge in [0.15, 0.2) is 0 Å². The van der Waals surface area contributed by atoms with E-state index >= 15 is 0 Å². The van der Waals surface area contributed by atoms with Crippen molar-refractivity contribution in [3.05, 3.63) is 69.2 Å². The van der Waals surface area contributed by atoms with Crippen molar-refractivity contribution >= 4 is 29.1 Å². The van der Waals surface area contributed by atoms with Gasteiger partial charge in [-0.25, -0.2) is 0 Å². The van der Waals surface area contributed by atoms with Crippen LogP contribution in [0, 0.1) is 0 Å². The van der Waals surface area contributed by atoms with E-state index in [9.17, 15) is 4.79 Å². The number of unbranched alkanes of at least 4 members (excludes halogenated alkanes) is 2. The van der Waals surface area contributed by atoms with Gasteiger partial charge in [-0.2, -0.15) is 0 Å². The van der Waals surface area contributed by atoms with Gasteiger partial charge in [0.2, 0.25) is 5.91 Å². The van der Waals surface area contributed by atoms with Gasteiger partial charge in [-0.3, -0.25) is 4.79 Å². The molecule has 0 spiro atoms. The van der Waals surface area contributed by atoms with Gasteiger partial charge in [0.05, 0.1) is 16.1 Å². The molecule has 3 nitrogen and oxygen atoms in total. The van der Waals surface area contributed by atoms with E-state index in [1.54, 1.807) is 0 Å². The van der Waals surface area contributed by atoms with Crippen molar-refractivity contribution in [2.24, 2.45) is 5.73 Å². The highest BCUT2D eigenvalue weighted by Gasteiger charge is 2.31. The van der Waals surface area contributed by atoms with Crippen molar-refractivity contribution < 1.29 is 4.79 Å². The zero-order chi connectivity index (χ0) is 20.1. The number of nitrogens with zero attached hydrogens (tertiary/aromatic N) is 1. The fourth-order valence-corrected chi connectivity index (χ4v) is 4.50. The summed E-state index contributed by atoms with van der Waals surface area (Å²) in [6, 6.07) is 14.5. The zero-order valence-corrected chi connectivity index (χ0v) is 17.8. The van der Waals surface area contributed by atoms with Crippen LogP contribution in [0.1, 0.15) is 67.2 Å². The summed E-state index contributed by atoms with van der Waals surface area (Å²) in [7, 11) is 1.94. The summed E-state index contributed by atoms with van der Waals surface area (Å²) >= 11 is 12.4. The fourth-order valence-electron chi connectivity index (χ4n) is 4.19. The van der Waals surface area contributed by atoms with Crippen LogP contribution in [0.4, 0.5) is 0 Å². The number of hydrogen-bond donors (Lipinski definition) is 1. The Kier molecular flexibility index (Phi) is 7.39. The molecular weight excluding hydrogens is 391 g/mol. The highest BCUT2D eigenvalue weighted by Crippen LogP contribution is 2.44. The average Bonchev–Trinajstić information content (AvgIpc) is 2.72. The van der Waals surface area contributed by atoms with Crippen molar-refractivity contribution in [3.8, 4) is 0 Å². The van der Waals surface area contributed by atoms with E-state index in [0.29, 0.717) is 23.0 Å². The summed E-state index contributed by atoms with van der Waals surface area (Å²) in [6.45, 7) is 0.691. The Labute approximate surface area is 177 Å². The molecule has 150 valence electrons. The molecule has 3 rings (SSSR count). The minimum atomic E-state index is 0.122. The molecule has 2 atom stereocenters. The number of fused-ring (bicyclic) bond motifs is 1. The topological polar surface area (TPSA) is 46.3 Å². The Morgan fingerprint density at radius 2 is 1.79 bits per heavy atom. The largest absolute Gasteiger partial charge is 0.339 e. The maximum Gasteiger partial charge on any atom is 0.222 e. The van der Waals surface area contributed by atoms with Crippen molar-refractivity contribution in [3.63, 3.8) is 0 Å². The van der Waals surface area contributed by atoms with Crippen LogP contribution in [0.5, 0.6) is 0 Å². The molecule has 5 heteroatoms. The highest BCUT2D eigenvalue weighted by atomic mass is 35.5. The van der Waals surface area contributed by atoms with Gasteiger partial charge in [0.1, 0.15) is 0 Å². The van der Waals surface area contributed by atoms with E-state index in [4.69, 9.17) is 28.9 Å². The molecule has 1 amide bonds. The SMILES string of the molecule is CN(C(=O)CCCCCN)C1CCC(c2ccc(Cl)c(Cl)c2)c2ccccc21. The smallest absolute Gasteiger partial charge is 0.222 e. The van der Waals surface area contributed by atoms with Crippen LogP contribution in [-0.4, -0.2) is 24.4 Å². The Morgan fingerprint density at radius 3 is 2.50 bits per heavy atom. The van der Waals surface area contributed by atoms with Gasteiger partial charge in [-0.1, -0.05) is 60.0 Å². The minimum Gasteiger partial charge on any atom is -0.339 e. The summed E-state index contributed by atoms with van der Waals surface area (Å²) in [5.74, 6) is 0.486. The summed E-state index contributed by atoms with van der Waals surface area (Å²) in [4.78, 5) is 14.6. The molecule has 0 bridgehead atoms. The van der Waals surface area contributed by atoms with Crippen LogP contribution in [0.3, 0.4) is 0 Å². The molecule has 1 aliphatic carbocycles. The van der Waals surface area contributed by atoms with Crippen LogP contribution < -0.4 is 5.73 Å². The first kappa shape index (κ1) is 21.2. The first-order valence-electron chi connectivity index (χ1n) is 10.0. The highest BCUT2D eigenvalue weighted by molar-refractivity contribution is 6.42. The predicted molar refractivity (Wildman–Crippen MR) is 117 cm³/mol. The summed E-state index contributed by atoms with van der Waals surface area (Å²) < 4.78 is 0. The zero-order valence-electron chi connectivity index (χ0n) is 16.3. The molecule has 1 aliphatic rings. The van der Waals surface area contributed by atoms with Gasteiger partial charge >= 0.3 is 0 Å². The van der Waals surface area contributed by atoms with Crippen LogP contribution >= 0.6 is 23.2 Å². The third-order valence-corrected chi connectivity index (χ3v) is 6.50. The second kappa shape index (κ2) is 9.78. The number of rotatable bonds is 7. The lowest BCUT2D eigenvalue weighted by Gasteiger charge is -2.37. The molecular formula is C23H28Cl2N2O. The Morgan fingerprint density at radius 1 is 1.04 bits per heavy atom. The van der Waals surface area contributed by atoms with E-state index in [1.165, 1.54) is 16.7 Å². The number of halogens is 2. The van der Waals surface area contributed by atoms with Crippen molar-refractivity contribution in [2.45, 2.75) is 50.5 Å². The molecule has 28 heavy (non-hydrogen) atoms. The number of carbonyl (C=O) groups is 1. The van der Waals surface area contributed by atoms with E-state index in [1.807, 2.05) is 24.1 Å². The van der Waals surface area contributed by atoms with Crippen LogP contribution in [0.2, 0.25) is 10.0 Å². The van der Waals surface area contributed by atoms with Crippen molar-refractivity contribution in [2.75, 3.05) is 13.6 Å². The van der Waals surface area contributed by atoms with Gasteiger partial charge in [0.25, 0.3) is 0 Å². The lowest BCUT2D eigenvalue weighted by molar-refractivity contribution is -0.132. The fraction of sp³-hybridized carbons (Fsp3) is 0.435. The first-order chi connectivity index (χ1) is 13.5. The van der Waals surface area contributed by atoms with Gasteiger partial charge in [0, 0.05) is 19.4 Å². The molecule has 2 unspecified atom stereocenters. The third kappa shape index (κ3) is 4.71. The number of benzene rings is 2.